The van der Waals surface area contributed by atoms with Gasteiger partial charge in [-0.3, -0.25) is 0 Å². The molecule has 1 rings (SSSR count). The van der Waals surface area contributed by atoms with E-state index in [1.165, 1.54) is 6.07 Å². The largest absolute Gasteiger partial charge is 0.383 e. The second kappa shape index (κ2) is 8.12. The molecule has 0 spiro atoms. The molecule has 1 atom stereocenters. The molecule has 0 aliphatic heterocycles. The number of hydrogen-bond acceptors (Lipinski definition) is 3. The molecular formula is C15H25FN2O. The van der Waals surface area contributed by atoms with Gasteiger partial charge in [-0.15, -0.1) is 0 Å². The van der Waals surface area contributed by atoms with E-state index < -0.39 is 0 Å². The summed E-state index contributed by atoms with van der Waals surface area (Å²) in [6, 6.07) is 5.21. The Hall–Kier alpha value is -1.13. The molecule has 0 saturated carbocycles. The summed E-state index contributed by atoms with van der Waals surface area (Å²) in [6.45, 7) is 6.29. The van der Waals surface area contributed by atoms with Gasteiger partial charge in [-0.05, 0) is 31.9 Å². The first kappa shape index (κ1) is 15.9. The van der Waals surface area contributed by atoms with Gasteiger partial charge < -0.3 is 15.4 Å². The quantitative estimate of drug-likeness (QED) is 0.787. The van der Waals surface area contributed by atoms with E-state index in [1.807, 2.05) is 13.0 Å². The van der Waals surface area contributed by atoms with Crippen molar-refractivity contribution in [2.75, 3.05) is 31.7 Å². The fraction of sp³-hybridized carbons (Fsp3) is 0.600. The lowest BCUT2D eigenvalue weighted by atomic mass is 10.0. The highest BCUT2D eigenvalue weighted by atomic mass is 19.1. The van der Waals surface area contributed by atoms with Crippen LogP contribution in [-0.4, -0.2) is 32.8 Å². The van der Waals surface area contributed by atoms with Crippen molar-refractivity contribution in [2.45, 2.75) is 32.7 Å². The number of likely N-dealkylation sites (N-methyl/N-ethyl adjacent to an activating group) is 1. The van der Waals surface area contributed by atoms with Gasteiger partial charge in [-0.2, -0.15) is 0 Å². The Balaban J connectivity index is 3.00. The van der Waals surface area contributed by atoms with E-state index >= 15 is 0 Å². The van der Waals surface area contributed by atoms with Crippen molar-refractivity contribution in [1.29, 1.82) is 0 Å². The van der Waals surface area contributed by atoms with Gasteiger partial charge in [-0.1, -0.05) is 13.0 Å². The van der Waals surface area contributed by atoms with Gasteiger partial charge in [0.1, 0.15) is 5.82 Å². The van der Waals surface area contributed by atoms with E-state index in [0.29, 0.717) is 13.0 Å². The standard InChI is InChI=1S/C15H25FN2O/c1-4-12(17)11-13-14(16)7-6-8-15(13)18(5-2)9-10-19-3/h6-8,12H,4-5,9-11,17H2,1-3H3. The summed E-state index contributed by atoms with van der Waals surface area (Å²) in [5.41, 5.74) is 7.63. The smallest absolute Gasteiger partial charge is 0.128 e. The lowest BCUT2D eigenvalue weighted by molar-refractivity contribution is 0.205. The second-order valence-electron chi connectivity index (χ2n) is 4.68. The van der Waals surface area contributed by atoms with Gasteiger partial charge in [0.25, 0.3) is 0 Å². The number of methoxy groups -OCH3 is 1. The van der Waals surface area contributed by atoms with Crippen molar-refractivity contribution in [2.24, 2.45) is 5.73 Å². The second-order valence-corrected chi connectivity index (χ2v) is 4.68. The van der Waals surface area contributed by atoms with E-state index in [9.17, 15) is 4.39 Å². The zero-order valence-electron chi connectivity index (χ0n) is 12.2. The van der Waals surface area contributed by atoms with Crippen LogP contribution in [0.15, 0.2) is 18.2 Å². The van der Waals surface area contributed by atoms with E-state index in [-0.39, 0.29) is 11.9 Å². The maximum absolute atomic E-state index is 14.1. The summed E-state index contributed by atoms with van der Waals surface area (Å²) >= 11 is 0. The number of ether oxygens (including phenoxy) is 1. The highest BCUT2D eigenvalue weighted by Crippen LogP contribution is 2.24. The van der Waals surface area contributed by atoms with Gasteiger partial charge >= 0.3 is 0 Å². The summed E-state index contributed by atoms with van der Waals surface area (Å²) in [5, 5.41) is 0. The van der Waals surface area contributed by atoms with Crippen molar-refractivity contribution in [3.05, 3.63) is 29.6 Å². The molecule has 0 aliphatic carbocycles. The van der Waals surface area contributed by atoms with Crippen LogP contribution in [0.4, 0.5) is 10.1 Å². The van der Waals surface area contributed by atoms with Crippen LogP contribution in [0.1, 0.15) is 25.8 Å². The topological polar surface area (TPSA) is 38.5 Å². The third-order valence-electron chi connectivity index (χ3n) is 3.37. The summed E-state index contributed by atoms with van der Waals surface area (Å²) in [7, 11) is 1.67. The maximum Gasteiger partial charge on any atom is 0.128 e. The van der Waals surface area contributed by atoms with Crippen molar-refractivity contribution in [1.82, 2.24) is 0 Å². The number of anilines is 1. The zero-order valence-corrected chi connectivity index (χ0v) is 12.2. The number of rotatable bonds is 8. The SMILES string of the molecule is CCC(N)Cc1c(F)cccc1N(CC)CCOC. The average Bonchev–Trinajstić information content (AvgIpc) is 2.42. The molecule has 0 aliphatic rings. The molecule has 1 unspecified atom stereocenters. The summed E-state index contributed by atoms with van der Waals surface area (Å²) in [4.78, 5) is 2.13. The summed E-state index contributed by atoms with van der Waals surface area (Å²) < 4.78 is 19.2. The molecule has 0 amide bonds. The van der Waals surface area contributed by atoms with Gasteiger partial charge in [-0.25, -0.2) is 4.39 Å². The first-order chi connectivity index (χ1) is 9.13. The van der Waals surface area contributed by atoms with E-state index in [1.54, 1.807) is 13.2 Å². The summed E-state index contributed by atoms with van der Waals surface area (Å²) in [5.74, 6) is -0.169. The molecule has 19 heavy (non-hydrogen) atoms. The highest BCUT2D eigenvalue weighted by Gasteiger charge is 2.15. The Kier molecular flexibility index (Phi) is 6.81. The number of halogens is 1. The van der Waals surface area contributed by atoms with Crippen molar-refractivity contribution < 1.29 is 9.13 Å². The Morgan fingerprint density at radius 2 is 2.11 bits per heavy atom. The molecule has 1 aromatic carbocycles. The Bertz CT molecular complexity index is 384. The monoisotopic (exact) mass is 268 g/mol. The van der Waals surface area contributed by atoms with Gasteiger partial charge in [0.05, 0.1) is 6.61 Å². The van der Waals surface area contributed by atoms with Crippen LogP contribution in [0.3, 0.4) is 0 Å². The van der Waals surface area contributed by atoms with Crippen LogP contribution < -0.4 is 10.6 Å². The number of benzene rings is 1. The van der Waals surface area contributed by atoms with Crippen LogP contribution in [-0.2, 0) is 11.2 Å². The Labute approximate surface area is 115 Å². The predicted octanol–water partition coefficient (Wildman–Crippen LogP) is 2.58. The predicted molar refractivity (Wildman–Crippen MR) is 78.1 cm³/mol. The highest BCUT2D eigenvalue weighted by molar-refractivity contribution is 5.54. The fourth-order valence-corrected chi connectivity index (χ4v) is 2.10. The molecule has 1 aromatic rings. The van der Waals surface area contributed by atoms with Crippen LogP contribution in [0.25, 0.3) is 0 Å². The molecule has 0 heterocycles. The first-order valence-corrected chi connectivity index (χ1v) is 6.90. The average molecular weight is 268 g/mol. The molecular weight excluding hydrogens is 243 g/mol. The molecule has 0 fully saturated rings. The molecule has 0 aromatic heterocycles. The minimum Gasteiger partial charge on any atom is -0.383 e. The summed E-state index contributed by atoms with van der Waals surface area (Å²) in [6.07, 6.45) is 1.42. The lowest BCUT2D eigenvalue weighted by Crippen LogP contribution is -2.30. The third-order valence-corrected chi connectivity index (χ3v) is 3.37. The first-order valence-electron chi connectivity index (χ1n) is 6.90. The number of nitrogens with zero attached hydrogens (tertiary/aromatic N) is 1. The van der Waals surface area contributed by atoms with Crippen molar-refractivity contribution in [3.63, 3.8) is 0 Å². The molecule has 3 nitrogen and oxygen atoms in total. The fourth-order valence-electron chi connectivity index (χ4n) is 2.10. The van der Waals surface area contributed by atoms with Crippen LogP contribution in [0, 0.1) is 5.82 Å². The van der Waals surface area contributed by atoms with Gasteiger partial charge in [0.2, 0.25) is 0 Å². The Morgan fingerprint density at radius 3 is 2.68 bits per heavy atom. The zero-order chi connectivity index (χ0) is 14.3. The molecule has 2 N–H and O–H groups in total. The van der Waals surface area contributed by atoms with Crippen LogP contribution in [0.2, 0.25) is 0 Å². The maximum atomic E-state index is 14.1. The van der Waals surface area contributed by atoms with Crippen LogP contribution >= 0.6 is 0 Å². The van der Waals surface area contributed by atoms with Gasteiger partial charge in [0, 0.05) is 37.5 Å². The number of hydrogen-bond donors (Lipinski definition) is 1. The molecule has 0 radical (unpaired) electrons. The van der Waals surface area contributed by atoms with E-state index in [2.05, 4.69) is 11.8 Å². The molecule has 0 bridgehead atoms. The molecule has 108 valence electrons. The van der Waals surface area contributed by atoms with Crippen molar-refractivity contribution in [3.8, 4) is 0 Å². The number of nitrogens with two attached hydrogens (primary N) is 1. The molecule has 4 heteroatoms. The Morgan fingerprint density at radius 1 is 1.37 bits per heavy atom. The third kappa shape index (κ3) is 4.48. The van der Waals surface area contributed by atoms with Gasteiger partial charge in [0.15, 0.2) is 0 Å². The minimum absolute atomic E-state index is 0.00298. The normalized spacial score (nSPS) is 12.5. The minimum atomic E-state index is -0.169. The molecule has 0 saturated heterocycles. The lowest BCUT2D eigenvalue weighted by Gasteiger charge is -2.26. The van der Waals surface area contributed by atoms with E-state index in [4.69, 9.17) is 10.5 Å². The van der Waals surface area contributed by atoms with Crippen LogP contribution in [0.5, 0.6) is 0 Å². The van der Waals surface area contributed by atoms with E-state index in [0.717, 1.165) is 30.8 Å². The van der Waals surface area contributed by atoms with Crippen molar-refractivity contribution >= 4 is 5.69 Å².